The van der Waals surface area contributed by atoms with Crippen LogP contribution < -0.4 is 21.8 Å². The summed E-state index contributed by atoms with van der Waals surface area (Å²) in [6.45, 7) is 11.8. The lowest BCUT2D eigenvalue weighted by Gasteiger charge is -2.18. The molecular weight excluding hydrogens is 1060 g/mol. The topological polar surface area (TPSA) is 299 Å². The zero-order valence-corrected chi connectivity index (χ0v) is 44.1. The molecule has 75 heavy (non-hydrogen) atoms. The van der Waals surface area contributed by atoms with Crippen LogP contribution in [0.3, 0.4) is 0 Å². The van der Waals surface area contributed by atoms with Crippen molar-refractivity contribution in [3.8, 4) is 22.5 Å². The first-order valence-corrected chi connectivity index (χ1v) is 24.8. The van der Waals surface area contributed by atoms with Gasteiger partial charge in [0.2, 0.25) is 11.6 Å². The lowest BCUT2D eigenvalue weighted by atomic mass is 9.96. The number of rotatable bonds is 16. The summed E-state index contributed by atoms with van der Waals surface area (Å²) in [4.78, 5) is 111. The Hall–Kier alpha value is -8.06. The zero-order chi connectivity index (χ0) is 54.7. The summed E-state index contributed by atoms with van der Waals surface area (Å²) < 4.78 is 15.3. The van der Waals surface area contributed by atoms with Gasteiger partial charge in [-0.15, -0.1) is 22.7 Å². The molecule has 0 aliphatic heterocycles. The van der Waals surface area contributed by atoms with Crippen molar-refractivity contribution in [2.24, 2.45) is 10.8 Å². The highest BCUT2D eigenvalue weighted by atomic mass is 35.5. The van der Waals surface area contributed by atoms with Crippen LogP contribution in [0.4, 0.5) is 11.6 Å². The minimum absolute atomic E-state index is 0.000000157. The van der Waals surface area contributed by atoms with E-state index in [0.717, 1.165) is 48.5 Å². The molecule has 0 aromatic carbocycles. The summed E-state index contributed by atoms with van der Waals surface area (Å²) in [5.41, 5.74) is -3.32. The predicted octanol–water partition coefficient (Wildman–Crippen LogP) is 8.90. The van der Waals surface area contributed by atoms with Gasteiger partial charge in [-0.25, -0.2) is 19.6 Å². The normalized spacial score (nSPS) is 11.5. The fourth-order valence-electron chi connectivity index (χ4n) is 7.16. The van der Waals surface area contributed by atoms with Crippen molar-refractivity contribution in [2.45, 2.75) is 74.6 Å². The molecule has 0 saturated heterocycles. The molecule has 26 heteroatoms. The molecule has 0 fully saturated rings. The number of halogens is 2. The number of anilines is 2. The third-order valence-corrected chi connectivity index (χ3v) is 13.3. The van der Waals surface area contributed by atoms with Gasteiger partial charge < -0.3 is 38.8 Å². The fraction of sp³-hybridized carbons (Fsp3) is 0.265. The van der Waals surface area contributed by atoms with Gasteiger partial charge in [-0.2, -0.15) is 19.6 Å². The molecule has 0 unspecified atom stereocenters. The number of ketones is 2. The molecule has 22 nitrogen and oxygen atoms in total. The first-order chi connectivity index (χ1) is 35.3. The molecule has 0 aliphatic carbocycles. The Kier molecular flexibility index (Phi) is 16.2. The summed E-state index contributed by atoms with van der Waals surface area (Å²) in [5.74, 6) is -4.19. The molecule has 0 radical (unpaired) electrons. The number of pyridine rings is 2. The van der Waals surface area contributed by atoms with Crippen LogP contribution >= 0.6 is 45.9 Å². The Morgan fingerprint density at radius 1 is 0.720 bits per heavy atom. The van der Waals surface area contributed by atoms with Crippen LogP contribution in [0.25, 0.3) is 22.5 Å². The number of thiophene rings is 2. The molecule has 0 aliphatic rings. The summed E-state index contributed by atoms with van der Waals surface area (Å²) in [7, 11) is 0. The maximum atomic E-state index is 13.2. The largest absolute Gasteiger partial charge is 0.478 e. The minimum atomic E-state index is -1.49. The molecule has 0 bridgehead atoms. The second-order valence-corrected chi connectivity index (χ2v) is 22.2. The SMILES string of the molecule is CC(C)(C)C(=O)n1nc(-c2cc(=O)n(CC(=O)c3ncco3)cc2C(=O)O)cc1NCc1ccc(Cl)s1.Cc1cn(CC(=O)c2cocn2)c(=O)c(C(=O)O)c1-c1cc(NCc2ccc(Cl)s2)n(C(=O)C(C)(C)C)n1. The number of carbonyl (C=O) groups excluding carboxylic acids is 4. The van der Waals surface area contributed by atoms with E-state index in [9.17, 15) is 48.6 Å². The van der Waals surface area contributed by atoms with Gasteiger partial charge in [-0.05, 0) is 36.8 Å². The number of Topliss-reactive ketones (excluding diaryl/α,β-unsaturated/α-hetero) is 2. The van der Waals surface area contributed by atoms with Crippen molar-refractivity contribution in [3.63, 3.8) is 0 Å². The highest BCUT2D eigenvalue weighted by Crippen LogP contribution is 2.32. The van der Waals surface area contributed by atoms with Gasteiger partial charge in [0.1, 0.15) is 35.4 Å². The highest BCUT2D eigenvalue weighted by Gasteiger charge is 2.31. The van der Waals surface area contributed by atoms with Gasteiger partial charge in [0.15, 0.2) is 6.39 Å². The Bertz CT molecular complexity index is 3610. The molecule has 8 aromatic rings. The average Bonchev–Trinajstić information content (AvgIpc) is 4.21. The molecule has 8 aromatic heterocycles. The van der Waals surface area contributed by atoms with E-state index in [1.807, 2.05) is 12.1 Å². The van der Waals surface area contributed by atoms with Crippen LogP contribution in [-0.4, -0.2) is 84.2 Å². The molecule has 0 saturated carbocycles. The highest BCUT2D eigenvalue weighted by molar-refractivity contribution is 7.16. The maximum Gasteiger partial charge on any atom is 0.342 e. The average molecular weight is 1100 g/mol. The van der Waals surface area contributed by atoms with Crippen molar-refractivity contribution in [3.05, 3.63) is 147 Å². The summed E-state index contributed by atoms with van der Waals surface area (Å²) in [6, 6.07) is 11.3. The van der Waals surface area contributed by atoms with Gasteiger partial charge in [0.05, 0.1) is 58.0 Å². The Morgan fingerprint density at radius 2 is 1.28 bits per heavy atom. The standard InChI is InChI=1S/C25H24ClN5O6S.C24H22ClN5O6S/c1-13-9-30(10-17(32)16-11-37-12-28-16)22(33)21(23(34)35)20(13)15-7-19(27-8-14-5-6-18(26)38-14)31(29-15)24(36)25(2,3)4;1-24(2,3)23(35)30-19(27-10-13-4-5-18(25)37-13)9-16(28-30)14-8-20(32)29(11-15(14)22(33)34)12-17(31)21-26-6-7-36-21/h5-7,9,11-12,27H,8,10H2,1-4H3,(H,34,35);4-9,11,27H,10,12H2,1-3H3,(H,33,34). The van der Waals surface area contributed by atoms with Crippen LogP contribution in [0.5, 0.6) is 0 Å². The van der Waals surface area contributed by atoms with E-state index in [4.69, 9.17) is 32.0 Å². The molecule has 8 heterocycles. The predicted molar refractivity (Wildman–Crippen MR) is 278 cm³/mol. The molecule has 0 atom stereocenters. The Labute approximate surface area is 443 Å². The number of carboxylic acids is 2. The fourth-order valence-corrected chi connectivity index (χ4v) is 9.22. The van der Waals surface area contributed by atoms with E-state index < -0.39 is 64.1 Å². The summed E-state index contributed by atoms with van der Waals surface area (Å²) in [5, 5.41) is 34.9. The Morgan fingerprint density at radius 3 is 1.76 bits per heavy atom. The minimum Gasteiger partial charge on any atom is -0.478 e. The van der Waals surface area contributed by atoms with Crippen LogP contribution in [0.15, 0.2) is 98.4 Å². The van der Waals surface area contributed by atoms with E-state index in [0.29, 0.717) is 39.0 Å². The number of hydrogen-bond acceptors (Lipinski definition) is 18. The number of carboxylic acid groups (broad SMARTS) is 2. The van der Waals surface area contributed by atoms with Gasteiger partial charge >= 0.3 is 11.9 Å². The number of carbonyl (C=O) groups is 6. The van der Waals surface area contributed by atoms with E-state index in [2.05, 4.69) is 30.8 Å². The number of nitrogens with one attached hydrogen (secondary N) is 2. The number of hydrogen-bond donors (Lipinski definition) is 4. The second kappa shape index (κ2) is 22.2. The third-order valence-electron chi connectivity index (χ3n) is 10.8. The molecular formula is C49H46Cl2N10O12S2. The van der Waals surface area contributed by atoms with Crippen LogP contribution in [-0.2, 0) is 26.2 Å². The Balaban J connectivity index is 0.000000219. The van der Waals surface area contributed by atoms with E-state index in [1.54, 1.807) is 60.6 Å². The quantitative estimate of drug-likeness (QED) is 0.0656. The van der Waals surface area contributed by atoms with Gasteiger partial charge in [-0.3, -0.25) is 28.8 Å². The van der Waals surface area contributed by atoms with Crippen LogP contribution in [0.2, 0.25) is 8.67 Å². The third kappa shape index (κ3) is 12.7. The summed E-state index contributed by atoms with van der Waals surface area (Å²) in [6.07, 6.45) is 7.18. The maximum absolute atomic E-state index is 13.2. The van der Waals surface area contributed by atoms with E-state index >= 15 is 0 Å². The van der Waals surface area contributed by atoms with Crippen LogP contribution in [0, 0.1) is 17.8 Å². The lowest BCUT2D eigenvalue weighted by molar-refractivity contribution is 0.0684. The first kappa shape index (κ1) is 54.7. The number of aryl methyl sites for hydroxylation is 1. The smallest absolute Gasteiger partial charge is 0.342 e. The monoisotopic (exact) mass is 1100 g/mol. The summed E-state index contributed by atoms with van der Waals surface area (Å²) >= 11 is 14.8. The number of nitrogens with zero attached hydrogens (tertiary/aromatic N) is 8. The van der Waals surface area contributed by atoms with Crippen molar-refractivity contribution < 1.29 is 47.8 Å². The lowest BCUT2D eigenvalue weighted by Crippen LogP contribution is -2.30. The first-order valence-electron chi connectivity index (χ1n) is 22.4. The van der Waals surface area contributed by atoms with Crippen molar-refractivity contribution in [1.82, 2.24) is 38.7 Å². The number of aromatic nitrogens is 8. The number of aromatic carboxylic acids is 2. The van der Waals surface area contributed by atoms with Crippen LogP contribution in [0.1, 0.15) is 108 Å². The molecule has 8 rings (SSSR count). The molecule has 0 spiro atoms. The molecule has 4 N–H and O–H groups in total. The zero-order valence-electron chi connectivity index (χ0n) is 41.0. The van der Waals surface area contributed by atoms with Gasteiger partial charge in [-0.1, -0.05) is 64.7 Å². The van der Waals surface area contributed by atoms with Gasteiger partial charge in [0, 0.05) is 62.3 Å². The molecule has 390 valence electrons. The number of oxazole rings is 2. The second-order valence-electron chi connectivity index (χ2n) is 18.6. The van der Waals surface area contributed by atoms with Crippen molar-refractivity contribution >= 4 is 92.8 Å². The van der Waals surface area contributed by atoms with E-state index in [1.165, 1.54) is 58.1 Å². The van der Waals surface area contributed by atoms with Crippen molar-refractivity contribution in [2.75, 3.05) is 10.6 Å². The van der Waals surface area contributed by atoms with E-state index in [-0.39, 0.29) is 51.5 Å². The molecule has 0 amide bonds. The van der Waals surface area contributed by atoms with Crippen molar-refractivity contribution in [1.29, 1.82) is 0 Å². The van der Waals surface area contributed by atoms with Gasteiger partial charge in [0.25, 0.3) is 28.8 Å².